The highest BCUT2D eigenvalue weighted by Gasteiger charge is 2.36. The number of rotatable bonds is 3. The molecule has 1 aromatic rings. The van der Waals surface area contributed by atoms with Crippen LogP contribution in [0.15, 0.2) is 18.6 Å². The maximum absolute atomic E-state index is 12.7. The minimum absolute atomic E-state index is 0.0423. The number of aromatic nitrogens is 2. The molecule has 1 aromatic heterocycles. The SMILES string of the molecule is CN(C(=O)C1CCCN(c2cnccn2)C1)C1CCS(=O)(=O)C1. The highest BCUT2D eigenvalue weighted by Crippen LogP contribution is 2.25. The van der Waals surface area contributed by atoms with Crippen molar-refractivity contribution in [1.29, 1.82) is 0 Å². The zero-order valence-corrected chi connectivity index (χ0v) is 14.1. The lowest BCUT2D eigenvalue weighted by Crippen LogP contribution is -2.47. The maximum Gasteiger partial charge on any atom is 0.227 e. The van der Waals surface area contributed by atoms with Crippen molar-refractivity contribution in [2.24, 2.45) is 5.92 Å². The van der Waals surface area contributed by atoms with E-state index in [-0.39, 0.29) is 29.4 Å². The van der Waals surface area contributed by atoms with Gasteiger partial charge in [-0.3, -0.25) is 9.78 Å². The molecular formula is C15H22N4O3S. The minimum atomic E-state index is -2.98. The first kappa shape index (κ1) is 16.2. The van der Waals surface area contributed by atoms with E-state index in [2.05, 4.69) is 14.9 Å². The number of carbonyl (C=O) groups excluding carboxylic acids is 1. The summed E-state index contributed by atoms with van der Waals surface area (Å²) in [5.74, 6) is 0.998. The lowest BCUT2D eigenvalue weighted by atomic mass is 9.96. The van der Waals surface area contributed by atoms with Gasteiger partial charge < -0.3 is 9.80 Å². The zero-order valence-electron chi connectivity index (χ0n) is 13.3. The van der Waals surface area contributed by atoms with E-state index in [0.29, 0.717) is 13.0 Å². The van der Waals surface area contributed by atoms with E-state index in [0.717, 1.165) is 25.2 Å². The second-order valence-corrected chi connectivity index (χ2v) is 8.58. The van der Waals surface area contributed by atoms with Gasteiger partial charge in [0.05, 0.1) is 23.6 Å². The van der Waals surface area contributed by atoms with Gasteiger partial charge in [0, 0.05) is 38.6 Å². The number of piperidine rings is 1. The molecule has 2 aliphatic heterocycles. The summed E-state index contributed by atoms with van der Waals surface area (Å²) >= 11 is 0. The average molecular weight is 338 g/mol. The van der Waals surface area contributed by atoms with Gasteiger partial charge in [0.15, 0.2) is 9.84 Å². The Labute approximate surface area is 136 Å². The predicted molar refractivity (Wildman–Crippen MR) is 86.8 cm³/mol. The molecule has 3 rings (SSSR count). The van der Waals surface area contributed by atoms with Crippen molar-refractivity contribution in [3.05, 3.63) is 18.6 Å². The Kier molecular flexibility index (Phi) is 4.52. The van der Waals surface area contributed by atoms with Crippen LogP contribution in [0.5, 0.6) is 0 Å². The highest BCUT2D eigenvalue weighted by molar-refractivity contribution is 7.91. The molecule has 0 spiro atoms. The zero-order chi connectivity index (χ0) is 16.4. The Morgan fingerprint density at radius 3 is 2.83 bits per heavy atom. The van der Waals surface area contributed by atoms with Gasteiger partial charge in [-0.25, -0.2) is 13.4 Å². The molecule has 23 heavy (non-hydrogen) atoms. The summed E-state index contributed by atoms with van der Waals surface area (Å²) in [6, 6.07) is -0.181. The van der Waals surface area contributed by atoms with Crippen LogP contribution in [0, 0.1) is 5.92 Å². The molecule has 1 amide bonds. The molecular weight excluding hydrogens is 316 g/mol. The van der Waals surface area contributed by atoms with E-state index in [9.17, 15) is 13.2 Å². The van der Waals surface area contributed by atoms with Gasteiger partial charge in [-0.05, 0) is 19.3 Å². The molecule has 126 valence electrons. The van der Waals surface area contributed by atoms with E-state index in [4.69, 9.17) is 0 Å². The largest absolute Gasteiger partial charge is 0.355 e. The van der Waals surface area contributed by atoms with Crippen LogP contribution >= 0.6 is 0 Å². The molecule has 2 unspecified atom stereocenters. The van der Waals surface area contributed by atoms with E-state index in [1.54, 1.807) is 30.5 Å². The molecule has 3 heterocycles. The van der Waals surface area contributed by atoms with Gasteiger partial charge in [-0.2, -0.15) is 0 Å². The first-order chi connectivity index (χ1) is 11.0. The van der Waals surface area contributed by atoms with E-state index < -0.39 is 9.84 Å². The first-order valence-corrected chi connectivity index (χ1v) is 9.76. The van der Waals surface area contributed by atoms with Crippen LogP contribution in [0.2, 0.25) is 0 Å². The maximum atomic E-state index is 12.7. The Bertz CT molecular complexity index is 665. The Hall–Kier alpha value is -1.70. The number of amides is 1. The molecule has 0 N–H and O–H groups in total. The highest BCUT2D eigenvalue weighted by atomic mass is 32.2. The number of carbonyl (C=O) groups is 1. The first-order valence-electron chi connectivity index (χ1n) is 7.94. The van der Waals surface area contributed by atoms with Crippen molar-refractivity contribution >= 4 is 21.6 Å². The van der Waals surface area contributed by atoms with Gasteiger partial charge in [0.2, 0.25) is 5.91 Å². The van der Waals surface area contributed by atoms with Crippen LogP contribution in [0.25, 0.3) is 0 Å². The van der Waals surface area contributed by atoms with Crippen molar-refractivity contribution in [3.8, 4) is 0 Å². The van der Waals surface area contributed by atoms with Crippen LogP contribution in [0.1, 0.15) is 19.3 Å². The van der Waals surface area contributed by atoms with E-state index in [1.165, 1.54) is 0 Å². The molecule has 2 fully saturated rings. The van der Waals surface area contributed by atoms with Gasteiger partial charge in [0.1, 0.15) is 5.82 Å². The number of nitrogens with zero attached hydrogens (tertiary/aromatic N) is 4. The average Bonchev–Trinajstić information content (AvgIpc) is 2.94. The summed E-state index contributed by atoms with van der Waals surface area (Å²) in [6.45, 7) is 1.48. The van der Waals surface area contributed by atoms with Crippen LogP contribution in [-0.4, -0.2) is 66.9 Å². The van der Waals surface area contributed by atoms with Crippen molar-refractivity contribution in [1.82, 2.24) is 14.9 Å². The third kappa shape index (κ3) is 3.63. The van der Waals surface area contributed by atoms with Gasteiger partial charge in [-0.15, -0.1) is 0 Å². The second kappa shape index (κ2) is 6.43. The third-order valence-corrected chi connectivity index (χ3v) is 6.50. The molecule has 2 saturated heterocycles. The topological polar surface area (TPSA) is 83.5 Å². The molecule has 2 aliphatic rings. The monoisotopic (exact) mass is 338 g/mol. The lowest BCUT2D eigenvalue weighted by molar-refractivity contribution is -0.136. The lowest BCUT2D eigenvalue weighted by Gasteiger charge is -2.35. The summed E-state index contributed by atoms with van der Waals surface area (Å²) in [6.07, 6.45) is 7.29. The van der Waals surface area contributed by atoms with Crippen molar-refractivity contribution in [3.63, 3.8) is 0 Å². The van der Waals surface area contributed by atoms with Gasteiger partial charge in [-0.1, -0.05) is 0 Å². The fourth-order valence-electron chi connectivity index (χ4n) is 3.39. The number of sulfone groups is 1. The third-order valence-electron chi connectivity index (χ3n) is 4.75. The Morgan fingerprint density at radius 1 is 1.35 bits per heavy atom. The minimum Gasteiger partial charge on any atom is -0.355 e. The summed E-state index contributed by atoms with van der Waals surface area (Å²) < 4.78 is 23.2. The summed E-state index contributed by atoms with van der Waals surface area (Å²) in [5.41, 5.74) is 0. The van der Waals surface area contributed by atoms with Crippen LogP contribution in [0.3, 0.4) is 0 Å². The molecule has 8 heteroatoms. The molecule has 0 aromatic carbocycles. The fourth-order valence-corrected chi connectivity index (χ4v) is 5.16. The number of anilines is 1. The molecule has 0 saturated carbocycles. The predicted octanol–water partition coefficient (Wildman–Crippen LogP) is 0.338. The van der Waals surface area contributed by atoms with Crippen LogP contribution < -0.4 is 4.90 Å². The molecule has 7 nitrogen and oxygen atoms in total. The summed E-state index contributed by atoms with van der Waals surface area (Å²) in [7, 11) is -1.25. The quantitative estimate of drug-likeness (QED) is 0.790. The normalized spacial score (nSPS) is 26.9. The van der Waals surface area contributed by atoms with Gasteiger partial charge >= 0.3 is 0 Å². The van der Waals surface area contributed by atoms with Gasteiger partial charge in [0.25, 0.3) is 0 Å². The van der Waals surface area contributed by atoms with Crippen molar-refractivity contribution in [2.45, 2.75) is 25.3 Å². The van der Waals surface area contributed by atoms with E-state index >= 15 is 0 Å². The Balaban J connectivity index is 1.65. The number of hydrogen-bond acceptors (Lipinski definition) is 6. The summed E-state index contributed by atoms with van der Waals surface area (Å²) in [5, 5.41) is 0. The van der Waals surface area contributed by atoms with Crippen LogP contribution in [0.4, 0.5) is 5.82 Å². The molecule has 2 atom stereocenters. The second-order valence-electron chi connectivity index (χ2n) is 6.35. The standard InChI is InChI=1S/C15H22N4O3S/c1-18(13-4-8-23(21,22)11-13)15(20)12-3-2-7-19(10-12)14-9-16-5-6-17-14/h5-6,9,12-13H,2-4,7-8,10-11H2,1H3. The van der Waals surface area contributed by atoms with Crippen molar-refractivity contribution in [2.75, 3.05) is 36.5 Å². The molecule has 0 radical (unpaired) electrons. The van der Waals surface area contributed by atoms with Crippen LogP contribution in [-0.2, 0) is 14.6 Å². The number of hydrogen-bond donors (Lipinski definition) is 0. The molecule has 0 bridgehead atoms. The van der Waals surface area contributed by atoms with Crippen molar-refractivity contribution < 1.29 is 13.2 Å². The molecule has 0 aliphatic carbocycles. The van der Waals surface area contributed by atoms with E-state index in [1.807, 2.05) is 0 Å². The summed E-state index contributed by atoms with van der Waals surface area (Å²) in [4.78, 5) is 24.8. The fraction of sp³-hybridized carbons (Fsp3) is 0.667. The smallest absolute Gasteiger partial charge is 0.227 e. The Morgan fingerprint density at radius 2 is 2.17 bits per heavy atom.